The minimum atomic E-state index is -0.401. The van der Waals surface area contributed by atoms with Crippen LogP contribution in [0.3, 0.4) is 0 Å². The van der Waals surface area contributed by atoms with E-state index in [1.54, 1.807) is 17.0 Å². The molecule has 0 saturated heterocycles. The van der Waals surface area contributed by atoms with Gasteiger partial charge in [-0.05, 0) is 47.7 Å². The van der Waals surface area contributed by atoms with Crippen LogP contribution in [0.5, 0.6) is 0 Å². The molecule has 0 atom stereocenters. The first-order valence-electron chi connectivity index (χ1n) is 9.62. The molecule has 4 rings (SSSR count). The maximum atomic E-state index is 12.9. The molecule has 148 valence electrons. The molecule has 2 aromatic rings. The summed E-state index contributed by atoms with van der Waals surface area (Å²) in [5, 5.41) is 23.7. The van der Waals surface area contributed by atoms with Gasteiger partial charge in [0.1, 0.15) is 0 Å². The normalized spacial score (nSPS) is 17.4. The number of carbonyl (C=O) groups excluding carboxylic acids is 1. The van der Waals surface area contributed by atoms with Crippen LogP contribution in [-0.4, -0.2) is 43.3 Å². The molecule has 1 aromatic carbocycles. The Hall–Kier alpha value is -2.49. The molecule has 0 bridgehead atoms. The first-order chi connectivity index (χ1) is 13.6. The van der Waals surface area contributed by atoms with Crippen LogP contribution in [0.25, 0.3) is 0 Å². The number of rotatable bonds is 5. The third-order valence-corrected chi connectivity index (χ3v) is 6.32. The lowest BCUT2D eigenvalue weighted by molar-refractivity contribution is -0.384. The highest BCUT2D eigenvalue weighted by Gasteiger charge is 2.26. The molecular weight excluding hydrogens is 380 g/mol. The molecule has 0 N–H and O–H groups in total. The average Bonchev–Trinajstić information content (AvgIpc) is 3.20. The number of nitro groups is 1. The number of non-ortho nitro benzene ring substituents is 1. The largest absolute Gasteiger partial charge is 0.311 e. The highest BCUT2D eigenvalue weighted by atomic mass is 32.2. The van der Waals surface area contributed by atoms with Crippen LogP contribution < -0.4 is 4.90 Å². The molecule has 1 fully saturated rings. The monoisotopic (exact) mass is 402 g/mol. The fraction of sp³-hybridized carbons (Fsp3) is 0.556. The average molecular weight is 402 g/mol. The van der Waals surface area contributed by atoms with E-state index in [9.17, 15) is 14.9 Å². The highest BCUT2D eigenvalue weighted by molar-refractivity contribution is 7.99. The summed E-state index contributed by atoms with van der Waals surface area (Å²) < 4.78 is 1.87. The van der Waals surface area contributed by atoms with Crippen LogP contribution in [0.4, 0.5) is 11.4 Å². The number of thioether (sulfide) groups is 1. The second kappa shape index (κ2) is 8.26. The number of benzene rings is 1. The van der Waals surface area contributed by atoms with Crippen molar-refractivity contribution in [3.63, 3.8) is 0 Å². The van der Waals surface area contributed by atoms with Crippen molar-refractivity contribution in [3.8, 4) is 0 Å². The first kappa shape index (κ1) is 18.9. The minimum Gasteiger partial charge on any atom is -0.311 e. The number of nitro benzene ring substituents is 1. The van der Waals surface area contributed by atoms with Crippen LogP contribution in [0.2, 0.25) is 0 Å². The summed E-state index contributed by atoms with van der Waals surface area (Å²) in [6.45, 7) is 0.623. The van der Waals surface area contributed by atoms with Gasteiger partial charge in [-0.25, -0.2) is 4.68 Å². The lowest BCUT2D eigenvalue weighted by Crippen LogP contribution is -2.36. The Morgan fingerprint density at radius 1 is 1.25 bits per heavy atom. The number of hydrogen-bond acceptors (Lipinski definition) is 7. The summed E-state index contributed by atoms with van der Waals surface area (Å²) in [7, 11) is 0. The predicted octanol–water partition coefficient (Wildman–Crippen LogP) is 3.16. The summed E-state index contributed by atoms with van der Waals surface area (Å²) in [5.41, 5.74) is 1.69. The Labute approximate surface area is 166 Å². The van der Waals surface area contributed by atoms with E-state index in [-0.39, 0.29) is 17.3 Å². The number of carbonyl (C=O) groups is 1. The van der Waals surface area contributed by atoms with Gasteiger partial charge < -0.3 is 4.90 Å². The molecule has 0 unspecified atom stereocenters. The maximum Gasteiger partial charge on any atom is 0.269 e. The number of fused-ring (bicyclic) bond motifs is 1. The van der Waals surface area contributed by atoms with Crippen molar-refractivity contribution in [3.05, 3.63) is 33.9 Å². The zero-order valence-corrected chi connectivity index (χ0v) is 16.3. The topological polar surface area (TPSA) is 107 Å². The van der Waals surface area contributed by atoms with E-state index in [4.69, 9.17) is 0 Å². The molecule has 0 spiro atoms. The number of anilines is 1. The number of tetrazole rings is 1. The first-order valence-corrected chi connectivity index (χ1v) is 10.6. The Balaban J connectivity index is 1.44. The molecule has 1 aliphatic carbocycles. The van der Waals surface area contributed by atoms with Crippen LogP contribution >= 0.6 is 11.8 Å². The molecule has 1 aromatic heterocycles. The van der Waals surface area contributed by atoms with E-state index >= 15 is 0 Å². The zero-order chi connectivity index (χ0) is 19.5. The van der Waals surface area contributed by atoms with Crippen LogP contribution in [0.15, 0.2) is 23.4 Å². The Morgan fingerprint density at radius 3 is 2.86 bits per heavy atom. The lowest BCUT2D eigenvalue weighted by atomic mass is 9.96. The molecule has 28 heavy (non-hydrogen) atoms. The molecule has 2 heterocycles. The third-order valence-electron chi connectivity index (χ3n) is 5.40. The standard InChI is InChI=1S/C18H22N6O3S/c25-17(12-28-18-19-20-21-23(18)14-6-2-1-3-7-14)22-10-4-5-13-11-15(24(26)27)8-9-16(13)22/h8-9,11,14H,1-7,10,12H2. The number of aryl methyl sites for hydroxylation is 1. The Morgan fingerprint density at radius 2 is 2.07 bits per heavy atom. The van der Waals surface area contributed by atoms with Crippen molar-refractivity contribution in [1.82, 2.24) is 20.2 Å². The summed E-state index contributed by atoms with van der Waals surface area (Å²) in [4.78, 5) is 25.2. The molecule has 1 saturated carbocycles. The van der Waals surface area contributed by atoms with Gasteiger partial charge in [0.05, 0.1) is 16.7 Å². The fourth-order valence-electron chi connectivity index (χ4n) is 4.00. The van der Waals surface area contributed by atoms with E-state index in [2.05, 4.69) is 15.5 Å². The van der Waals surface area contributed by atoms with Gasteiger partial charge in [0.2, 0.25) is 11.1 Å². The summed E-state index contributed by atoms with van der Waals surface area (Å²) in [5.74, 6) is 0.210. The van der Waals surface area contributed by atoms with Crippen LogP contribution in [0.1, 0.15) is 50.1 Å². The quantitative estimate of drug-likeness (QED) is 0.429. The highest BCUT2D eigenvalue weighted by Crippen LogP contribution is 2.33. The van der Waals surface area contributed by atoms with Crippen molar-refractivity contribution in [2.75, 3.05) is 17.2 Å². The van der Waals surface area contributed by atoms with E-state index in [1.165, 1.54) is 37.1 Å². The molecule has 1 amide bonds. The summed E-state index contributed by atoms with van der Waals surface area (Å²) in [6, 6.07) is 5.03. The van der Waals surface area contributed by atoms with Crippen LogP contribution in [-0.2, 0) is 11.2 Å². The van der Waals surface area contributed by atoms with Gasteiger partial charge in [-0.2, -0.15) is 0 Å². The summed E-state index contributed by atoms with van der Waals surface area (Å²) >= 11 is 1.36. The van der Waals surface area contributed by atoms with Crippen molar-refractivity contribution in [2.24, 2.45) is 0 Å². The van der Waals surface area contributed by atoms with E-state index in [0.29, 0.717) is 17.7 Å². The predicted molar refractivity (Wildman–Crippen MR) is 104 cm³/mol. The van der Waals surface area contributed by atoms with Crippen molar-refractivity contribution < 1.29 is 9.72 Å². The van der Waals surface area contributed by atoms with Gasteiger partial charge in [0, 0.05) is 24.4 Å². The minimum absolute atomic E-state index is 0.0296. The number of nitrogens with zero attached hydrogens (tertiary/aromatic N) is 6. The SMILES string of the molecule is O=C(CSc1nnnn1C1CCCCC1)N1CCCc2cc([N+](=O)[O-])ccc21. The van der Waals surface area contributed by atoms with E-state index in [1.807, 2.05) is 4.68 Å². The molecule has 10 heteroatoms. The summed E-state index contributed by atoms with van der Waals surface area (Å²) in [6.07, 6.45) is 7.31. The third kappa shape index (κ3) is 3.87. The molecule has 9 nitrogen and oxygen atoms in total. The van der Waals surface area contributed by atoms with E-state index < -0.39 is 4.92 Å². The second-order valence-electron chi connectivity index (χ2n) is 7.21. The molecule has 1 aliphatic heterocycles. The van der Waals surface area contributed by atoms with Crippen molar-refractivity contribution in [1.29, 1.82) is 0 Å². The van der Waals surface area contributed by atoms with Gasteiger partial charge >= 0.3 is 0 Å². The van der Waals surface area contributed by atoms with Crippen molar-refractivity contribution in [2.45, 2.75) is 56.1 Å². The Kier molecular flexibility index (Phi) is 5.56. The number of amides is 1. The maximum absolute atomic E-state index is 12.9. The van der Waals surface area contributed by atoms with Gasteiger partial charge in [-0.15, -0.1) is 5.10 Å². The molecule has 0 radical (unpaired) electrons. The number of hydrogen-bond donors (Lipinski definition) is 0. The smallest absolute Gasteiger partial charge is 0.269 e. The second-order valence-corrected chi connectivity index (χ2v) is 8.15. The molecular formula is C18H22N6O3S. The fourth-order valence-corrected chi connectivity index (χ4v) is 4.82. The van der Waals surface area contributed by atoms with Gasteiger partial charge in [0.25, 0.3) is 5.69 Å². The molecule has 2 aliphatic rings. The number of aromatic nitrogens is 4. The van der Waals surface area contributed by atoms with Crippen LogP contribution in [0, 0.1) is 10.1 Å². The van der Waals surface area contributed by atoms with Gasteiger partial charge in [-0.3, -0.25) is 14.9 Å². The van der Waals surface area contributed by atoms with Gasteiger partial charge in [0.15, 0.2) is 0 Å². The Bertz CT molecular complexity index is 880. The van der Waals surface area contributed by atoms with Crippen molar-refractivity contribution >= 4 is 29.0 Å². The zero-order valence-electron chi connectivity index (χ0n) is 15.5. The lowest BCUT2D eigenvalue weighted by Gasteiger charge is -2.29. The van der Waals surface area contributed by atoms with Gasteiger partial charge in [-0.1, -0.05) is 31.0 Å². The van der Waals surface area contributed by atoms with E-state index in [0.717, 1.165) is 36.9 Å².